The first-order chi connectivity index (χ1) is 8.48. The van der Waals surface area contributed by atoms with E-state index in [0.29, 0.717) is 13.0 Å². The van der Waals surface area contributed by atoms with Gasteiger partial charge in [0, 0.05) is 11.1 Å². The third kappa shape index (κ3) is 4.37. The number of hydrogen-bond donors (Lipinski definition) is 2. The van der Waals surface area contributed by atoms with Gasteiger partial charge in [-0.2, -0.15) is 0 Å². The maximum absolute atomic E-state index is 12.0. The van der Waals surface area contributed by atoms with Crippen molar-refractivity contribution in [1.29, 1.82) is 0 Å². The van der Waals surface area contributed by atoms with Crippen LogP contribution in [-0.2, 0) is 11.2 Å². The summed E-state index contributed by atoms with van der Waals surface area (Å²) in [5, 5.41) is 2.98. The molecule has 0 aliphatic carbocycles. The van der Waals surface area contributed by atoms with Crippen LogP contribution in [0.1, 0.15) is 25.8 Å². The Hall–Kier alpha value is -1.55. The summed E-state index contributed by atoms with van der Waals surface area (Å²) in [6, 6.07) is 7.54. The fourth-order valence-corrected chi connectivity index (χ4v) is 1.87. The first-order valence-electron chi connectivity index (χ1n) is 6.11. The van der Waals surface area contributed by atoms with Crippen LogP contribution in [0.15, 0.2) is 24.3 Å². The monoisotopic (exact) mass is 250 g/mol. The van der Waals surface area contributed by atoms with Crippen LogP contribution in [0.2, 0.25) is 0 Å². The summed E-state index contributed by atoms with van der Waals surface area (Å²) < 4.78 is 5.22. The third-order valence-electron chi connectivity index (χ3n) is 2.79. The summed E-state index contributed by atoms with van der Waals surface area (Å²) in [7, 11) is 1.61. The van der Waals surface area contributed by atoms with Gasteiger partial charge in [0.25, 0.3) is 0 Å². The van der Waals surface area contributed by atoms with Crippen LogP contribution >= 0.6 is 0 Å². The van der Waals surface area contributed by atoms with E-state index in [1.807, 2.05) is 38.1 Å². The molecule has 4 heteroatoms. The summed E-state index contributed by atoms with van der Waals surface area (Å²) in [6.45, 7) is 4.50. The number of carbonyl (C=O) groups excluding carboxylic acids is 1. The van der Waals surface area contributed by atoms with Gasteiger partial charge in [-0.1, -0.05) is 18.2 Å². The van der Waals surface area contributed by atoms with E-state index in [1.54, 1.807) is 7.11 Å². The third-order valence-corrected chi connectivity index (χ3v) is 2.79. The molecule has 0 atom stereocenters. The molecule has 0 bridgehead atoms. The van der Waals surface area contributed by atoms with Crippen LogP contribution < -0.4 is 15.8 Å². The van der Waals surface area contributed by atoms with E-state index in [1.165, 1.54) is 0 Å². The number of carbonyl (C=O) groups is 1. The Balaban J connectivity index is 2.65. The lowest BCUT2D eigenvalue weighted by atomic mass is 10.00. The van der Waals surface area contributed by atoms with E-state index in [0.717, 1.165) is 17.7 Å². The number of amides is 1. The van der Waals surface area contributed by atoms with Gasteiger partial charge in [-0.15, -0.1) is 0 Å². The minimum Gasteiger partial charge on any atom is -0.496 e. The van der Waals surface area contributed by atoms with E-state index in [4.69, 9.17) is 10.5 Å². The Morgan fingerprint density at radius 1 is 1.39 bits per heavy atom. The average molecular weight is 250 g/mol. The Labute approximate surface area is 109 Å². The van der Waals surface area contributed by atoms with Crippen molar-refractivity contribution >= 4 is 5.91 Å². The molecule has 0 aliphatic rings. The molecule has 1 rings (SSSR count). The Bertz CT molecular complexity index is 403. The molecule has 18 heavy (non-hydrogen) atoms. The summed E-state index contributed by atoms with van der Waals surface area (Å²) in [6.07, 6.45) is 1.07. The highest BCUT2D eigenvalue weighted by molar-refractivity contribution is 5.80. The predicted octanol–water partition coefficient (Wildman–Crippen LogP) is 1.48. The van der Waals surface area contributed by atoms with E-state index in [9.17, 15) is 4.79 Å². The summed E-state index contributed by atoms with van der Waals surface area (Å²) in [5.74, 6) is 0.724. The number of ether oxygens (including phenoxy) is 1. The quantitative estimate of drug-likeness (QED) is 0.804. The minimum absolute atomic E-state index is 0.0158. The van der Waals surface area contributed by atoms with Gasteiger partial charge in [0.2, 0.25) is 5.91 Å². The van der Waals surface area contributed by atoms with Crippen LogP contribution in [0, 0.1) is 0 Å². The fourth-order valence-electron chi connectivity index (χ4n) is 1.87. The molecule has 1 aromatic carbocycles. The van der Waals surface area contributed by atoms with Crippen molar-refractivity contribution in [1.82, 2.24) is 5.32 Å². The van der Waals surface area contributed by atoms with Crippen LogP contribution in [0.3, 0.4) is 0 Å². The van der Waals surface area contributed by atoms with E-state index >= 15 is 0 Å². The molecule has 1 aromatic rings. The molecule has 100 valence electrons. The zero-order valence-corrected chi connectivity index (χ0v) is 11.3. The van der Waals surface area contributed by atoms with Crippen LogP contribution in [0.25, 0.3) is 0 Å². The molecule has 0 spiro atoms. The molecule has 1 amide bonds. The second-order valence-electron chi connectivity index (χ2n) is 4.96. The Morgan fingerprint density at radius 3 is 2.67 bits per heavy atom. The zero-order valence-electron chi connectivity index (χ0n) is 11.3. The van der Waals surface area contributed by atoms with Crippen molar-refractivity contribution in [3.05, 3.63) is 29.8 Å². The number of methoxy groups -OCH3 is 1. The minimum atomic E-state index is -0.270. The highest BCUT2D eigenvalue weighted by atomic mass is 16.5. The highest BCUT2D eigenvalue weighted by Gasteiger charge is 2.19. The van der Waals surface area contributed by atoms with E-state index in [-0.39, 0.29) is 11.4 Å². The van der Waals surface area contributed by atoms with Crippen molar-refractivity contribution in [2.24, 2.45) is 5.73 Å². The second kappa shape index (κ2) is 6.40. The Kier molecular flexibility index (Phi) is 5.16. The molecule has 0 saturated heterocycles. The molecular formula is C14H22N2O2. The summed E-state index contributed by atoms with van der Waals surface area (Å²) in [5.41, 5.74) is 6.14. The molecule has 0 aliphatic heterocycles. The SMILES string of the molecule is COc1ccccc1CC(=O)NC(C)(C)CCN. The van der Waals surface area contributed by atoms with Gasteiger partial charge in [-0.25, -0.2) is 0 Å². The molecule has 3 N–H and O–H groups in total. The van der Waals surface area contributed by atoms with Crippen molar-refractivity contribution in [3.8, 4) is 5.75 Å². The van der Waals surface area contributed by atoms with Gasteiger partial charge in [0.1, 0.15) is 5.75 Å². The van der Waals surface area contributed by atoms with E-state index in [2.05, 4.69) is 5.32 Å². The van der Waals surface area contributed by atoms with Crippen molar-refractivity contribution in [2.45, 2.75) is 32.2 Å². The molecule has 0 heterocycles. The standard InChI is InChI=1S/C14H22N2O2/c1-14(2,8-9-15)16-13(17)10-11-6-4-5-7-12(11)18-3/h4-7H,8-10,15H2,1-3H3,(H,16,17). The van der Waals surface area contributed by atoms with Gasteiger partial charge < -0.3 is 15.8 Å². The van der Waals surface area contributed by atoms with E-state index < -0.39 is 0 Å². The van der Waals surface area contributed by atoms with Crippen LogP contribution in [-0.4, -0.2) is 25.1 Å². The summed E-state index contributed by atoms with van der Waals surface area (Å²) >= 11 is 0. The molecule has 0 aromatic heterocycles. The smallest absolute Gasteiger partial charge is 0.224 e. The van der Waals surface area contributed by atoms with Gasteiger partial charge in [-0.3, -0.25) is 4.79 Å². The first-order valence-corrected chi connectivity index (χ1v) is 6.11. The van der Waals surface area contributed by atoms with Gasteiger partial charge in [-0.05, 0) is 32.9 Å². The van der Waals surface area contributed by atoms with Gasteiger partial charge in [0.15, 0.2) is 0 Å². The lowest BCUT2D eigenvalue weighted by Crippen LogP contribution is -2.45. The Morgan fingerprint density at radius 2 is 2.06 bits per heavy atom. The molecule has 4 nitrogen and oxygen atoms in total. The molecule has 0 fully saturated rings. The molecular weight excluding hydrogens is 228 g/mol. The number of benzene rings is 1. The number of para-hydroxylation sites is 1. The number of rotatable bonds is 6. The topological polar surface area (TPSA) is 64.3 Å². The van der Waals surface area contributed by atoms with Crippen LogP contribution in [0.5, 0.6) is 5.75 Å². The van der Waals surface area contributed by atoms with Crippen molar-refractivity contribution < 1.29 is 9.53 Å². The van der Waals surface area contributed by atoms with Crippen LogP contribution in [0.4, 0.5) is 0 Å². The maximum atomic E-state index is 12.0. The normalized spacial score (nSPS) is 11.1. The first kappa shape index (κ1) is 14.5. The number of nitrogens with one attached hydrogen (secondary N) is 1. The van der Waals surface area contributed by atoms with Crippen molar-refractivity contribution in [2.75, 3.05) is 13.7 Å². The lowest BCUT2D eigenvalue weighted by Gasteiger charge is -2.25. The fraction of sp³-hybridized carbons (Fsp3) is 0.500. The zero-order chi connectivity index (χ0) is 13.6. The average Bonchev–Trinajstić information content (AvgIpc) is 2.28. The number of hydrogen-bond acceptors (Lipinski definition) is 3. The van der Waals surface area contributed by atoms with Gasteiger partial charge >= 0.3 is 0 Å². The molecule has 0 radical (unpaired) electrons. The summed E-state index contributed by atoms with van der Waals surface area (Å²) in [4.78, 5) is 12.0. The van der Waals surface area contributed by atoms with Crippen molar-refractivity contribution in [3.63, 3.8) is 0 Å². The predicted molar refractivity (Wildman–Crippen MR) is 72.6 cm³/mol. The molecule has 0 saturated carbocycles. The largest absolute Gasteiger partial charge is 0.496 e. The number of nitrogens with two attached hydrogens (primary N) is 1. The highest BCUT2D eigenvalue weighted by Crippen LogP contribution is 2.18. The van der Waals surface area contributed by atoms with Gasteiger partial charge in [0.05, 0.1) is 13.5 Å². The lowest BCUT2D eigenvalue weighted by molar-refractivity contribution is -0.122. The second-order valence-corrected chi connectivity index (χ2v) is 4.96. The molecule has 0 unspecified atom stereocenters. The maximum Gasteiger partial charge on any atom is 0.224 e.